The standard InChI is InChI=1S/C25H37N3O4/c1-3-8-22(29)28-16-13-25(14-17-28)12-7-6-10-20-9-4-5-11-21(20)32-18-15-26-23(30)19(2)27-24(25)31/h4-5,9,11,19H,3,6-8,10,12-18H2,1-2H3,(H,26,30)(H,27,31)/t19-/m0/s1. The molecule has 32 heavy (non-hydrogen) atoms. The first kappa shape index (κ1) is 24.1. The summed E-state index contributed by atoms with van der Waals surface area (Å²) in [4.78, 5) is 40.1. The first-order valence-corrected chi connectivity index (χ1v) is 12.0. The van der Waals surface area contributed by atoms with Gasteiger partial charge in [-0.1, -0.05) is 31.5 Å². The second kappa shape index (κ2) is 11.3. The van der Waals surface area contributed by atoms with Crippen LogP contribution in [0, 0.1) is 5.41 Å². The van der Waals surface area contributed by atoms with Crippen LogP contribution in [0.5, 0.6) is 5.75 Å². The normalized spacial score (nSPS) is 22.6. The number of nitrogens with one attached hydrogen (secondary N) is 2. The lowest BCUT2D eigenvalue weighted by molar-refractivity contribution is -0.142. The van der Waals surface area contributed by atoms with E-state index >= 15 is 0 Å². The molecule has 3 rings (SSSR count). The number of hydrogen-bond donors (Lipinski definition) is 2. The largest absolute Gasteiger partial charge is 0.491 e. The second-order valence-electron chi connectivity index (χ2n) is 9.06. The lowest BCUT2D eigenvalue weighted by Crippen LogP contribution is -2.54. The summed E-state index contributed by atoms with van der Waals surface area (Å²) in [5.74, 6) is 0.755. The van der Waals surface area contributed by atoms with Gasteiger partial charge in [0.25, 0.3) is 0 Å². The highest BCUT2D eigenvalue weighted by atomic mass is 16.5. The molecule has 1 saturated heterocycles. The molecule has 1 aromatic carbocycles. The van der Waals surface area contributed by atoms with Gasteiger partial charge in [-0.05, 0) is 57.1 Å². The fourth-order valence-electron chi connectivity index (χ4n) is 4.68. The van der Waals surface area contributed by atoms with Crippen LogP contribution in [0.25, 0.3) is 0 Å². The number of fused-ring (bicyclic) bond motifs is 1. The minimum absolute atomic E-state index is 0.0609. The Morgan fingerprint density at radius 3 is 2.66 bits per heavy atom. The van der Waals surface area contributed by atoms with Crippen LogP contribution in [0.15, 0.2) is 24.3 Å². The zero-order valence-corrected chi connectivity index (χ0v) is 19.5. The highest BCUT2D eigenvalue weighted by Gasteiger charge is 2.42. The zero-order valence-electron chi connectivity index (χ0n) is 19.5. The van der Waals surface area contributed by atoms with Crippen LogP contribution in [0.4, 0.5) is 0 Å². The number of nitrogens with zero attached hydrogens (tertiary/aromatic N) is 1. The van der Waals surface area contributed by atoms with E-state index in [0.717, 1.165) is 43.4 Å². The van der Waals surface area contributed by atoms with Crippen molar-refractivity contribution in [3.8, 4) is 5.75 Å². The predicted octanol–water partition coefficient (Wildman–Crippen LogP) is 2.82. The summed E-state index contributed by atoms with van der Waals surface area (Å²) in [6.45, 7) is 5.69. The van der Waals surface area contributed by atoms with Crippen molar-refractivity contribution in [3.05, 3.63) is 29.8 Å². The minimum atomic E-state index is -0.614. The average molecular weight is 444 g/mol. The quantitative estimate of drug-likeness (QED) is 0.736. The Morgan fingerprint density at radius 1 is 1.16 bits per heavy atom. The summed E-state index contributed by atoms with van der Waals surface area (Å²) >= 11 is 0. The molecular formula is C25H37N3O4. The number of amides is 3. The molecule has 2 aliphatic rings. The summed E-state index contributed by atoms with van der Waals surface area (Å²) in [6, 6.07) is 7.40. The SMILES string of the molecule is CCCC(=O)N1CCC2(CCCCc3ccccc3OCCNC(=O)[C@H](C)NC2=O)CC1. The molecule has 1 spiro atoms. The van der Waals surface area contributed by atoms with Crippen LogP contribution >= 0.6 is 0 Å². The highest BCUT2D eigenvalue weighted by Crippen LogP contribution is 2.38. The lowest BCUT2D eigenvalue weighted by Gasteiger charge is -2.41. The van der Waals surface area contributed by atoms with Crippen molar-refractivity contribution in [1.29, 1.82) is 0 Å². The third-order valence-corrected chi connectivity index (χ3v) is 6.74. The molecule has 7 nitrogen and oxygen atoms in total. The number of aryl methyl sites for hydroxylation is 1. The Morgan fingerprint density at radius 2 is 1.91 bits per heavy atom. The zero-order chi connectivity index (χ0) is 23.0. The Bertz CT molecular complexity index is 802. The van der Waals surface area contributed by atoms with E-state index in [1.54, 1.807) is 6.92 Å². The molecule has 1 atom stereocenters. The fraction of sp³-hybridized carbons (Fsp3) is 0.640. The Kier molecular flexibility index (Phi) is 8.53. The summed E-state index contributed by atoms with van der Waals surface area (Å²) in [6.07, 6.45) is 6.18. The lowest BCUT2D eigenvalue weighted by atomic mass is 9.73. The molecule has 7 heteroatoms. The number of hydrogen-bond acceptors (Lipinski definition) is 4. The summed E-state index contributed by atoms with van der Waals surface area (Å²) < 4.78 is 5.89. The van der Waals surface area contributed by atoms with Crippen molar-refractivity contribution in [1.82, 2.24) is 15.5 Å². The van der Waals surface area contributed by atoms with Crippen LogP contribution in [-0.4, -0.2) is 54.9 Å². The number of likely N-dealkylation sites (tertiary alicyclic amines) is 1. The molecule has 3 amide bonds. The van der Waals surface area contributed by atoms with Crippen molar-refractivity contribution in [3.63, 3.8) is 0 Å². The van der Waals surface area contributed by atoms with Crippen molar-refractivity contribution in [2.45, 2.75) is 71.3 Å². The van der Waals surface area contributed by atoms with Gasteiger partial charge in [-0.3, -0.25) is 14.4 Å². The number of piperidine rings is 1. The van der Waals surface area contributed by atoms with Gasteiger partial charge in [0.15, 0.2) is 0 Å². The molecule has 0 radical (unpaired) electrons. The Balaban J connectivity index is 1.74. The van der Waals surface area contributed by atoms with Gasteiger partial charge in [0, 0.05) is 19.5 Å². The van der Waals surface area contributed by atoms with E-state index in [2.05, 4.69) is 16.7 Å². The highest BCUT2D eigenvalue weighted by molar-refractivity contribution is 5.90. The van der Waals surface area contributed by atoms with E-state index in [1.165, 1.54) is 0 Å². The third-order valence-electron chi connectivity index (χ3n) is 6.74. The van der Waals surface area contributed by atoms with Gasteiger partial charge in [0.05, 0.1) is 12.0 Å². The first-order chi connectivity index (χ1) is 15.4. The monoisotopic (exact) mass is 443 g/mol. The van der Waals surface area contributed by atoms with Crippen molar-refractivity contribution in [2.24, 2.45) is 5.41 Å². The van der Waals surface area contributed by atoms with Crippen molar-refractivity contribution >= 4 is 17.7 Å². The third kappa shape index (κ3) is 6.02. The van der Waals surface area contributed by atoms with E-state index < -0.39 is 11.5 Å². The van der Waals surface area contributed by atoms with Crippen LogP contribution in [0.2, 0.25) is 0 Å². The Labute approximate surface area is 191 Å². The molecule has 1 fully saturated rings. The molecular weight excluding hydrogens is 406 g/mol. The van der Waals surface area contributed by atoms with Gasteiger partial charge in [-0.25, -0.2) is 0 Å². The number of ether oxygens (including phenoxy) is 1. The van der Waals surface area contributed by atoms with Gasteiger partial charge in [0.2, 0.25) is 17.7 Å². The van der Waals surface area contributed by atoms with Gasteiger partial charge in [-0.2, -0.15) is 0 Å². The first-order valence-electron chi connectivity index (χ1n) is 12.0. The van der Waals surface area contributed by atoms with E-state index in [4.69, 9.17) is 4.74 Å². The van der Waals surface area contributed by atoms with E-state index in [-0.39, 0.29) is 17.7 Å². The summed E-state index contributed by atoms with van der Waals surface area (Å²) in [5.41, 5.74) is 0.619. The summed E-state index contributed by atoms with van der Waals surface area (Å²) in [7, 11) is 0. The number of carbonyl (C=O) groups excluding carboxylic acids is 3. The van der Waals surface area contributed by atoms with Gasteiger partial charge in [-0.15, -0.1) is 0 Å². The van der Waals surface area contributed by atoms with E-state index in [9.17, 15) is 14.4 Å². The topological polar surface area (TPSA) is 87.7 Å². The molecule has 2 N–H and O–H groups in total. The molecule has 2 heterocycles. The van der Waals surface area contributed by atoms with E-state index in [0.29, 0.717) is 45.5 Å². The van der Waals surface area contributed by atoms with Gasteiger partial charge < -0.3 is 20.3 Å². The van der Waals surface area contributed by atoms with Gasteiger partial charge >= 0.3 is 0 Å². The van der Waals surface area contributed by atoms with Gasteiger partial charge in [0.1, 0.15) is 18.4 Å². The average Bonchev–Trinajstić information content (AvgIpc) is 2.80. The van der Waals surface area contributed by atoms with Crippen molar-refractivity contribution in [2.75, 3.05) is 26.2 Å². The molecule has 1 aromatic rings. The number of rotatable bonds is 2. The number of carbonyl (C=O) groups is 3. The fourth-order valence-corrected chi connectivity index (χ4v) is 4.68. The predicted molar refractivity (Wildman–Crippen MR) is 123 cm³/mol. The molecule has 0 aromatic heterocycles. The number of para-hydroxylation sites is 1. The van der Waals surface area contributed by atoms with E-state index in [1.807, 2.05) is 30.0 Å². The smallest absolute Gasteiger partial charge is 0.242 e. The van der Waals surface area contributed by atoms with Crippen LogP contribution in [-0.2, 0) is 20.8 Å². The minimum Gasteiger partial charge on any atom is -0.491 e. The van der Waals surface area contributed by atoms with Crippen LogP contribution < -0.4 is 15.4 Å². The van der Waals surface area contributed by atoms with Crippen molar-refractivity contribution < 1.29 is 19.1 Å². The maximum atomic E-state index is 13.4. The van der Waals surface area contributed by atoms with Crippen LogP contribution in [0.1, 0.15) is 64.4 Å². The molecule has 176 valence electrons. The molecule has 2 aliphatic heterocycles. The summed E-state index contributed by atoms with van der Waals surface area (Å²) in [5, 5.41) is 5.80. The maximum absolute atomic E-state index is 13.4. The maximum Gasteiger partial charge on any atom is 0.242 e. The molecule has 0 aliphatic carbocycles. The van der Waals surface area contributed by atoms with Crippen LogP contribution in [0.3, 0.4) is 0 Å². The molecule has 0 bridgehead atoms. The number of benzene rings is 1. The molecule has 0 unspecified atom stereocenters. The molecule has 0 saturated carbocycles. The second-order valence-corrected chi connectivity index (χ2v) is 9.06. The Hall–Kier alpha value is -2.57.